The zero-order chi connectivity index (χ0) is 17.8. The summed E-state index contributed by atoms with van der Waals surface area (Å²) in [4.78, 5) is 28.8. The molecule has 0 saturated carbocycles. The minimum absolute atomic E-state index is 0.0281. The number of hydrogen-bond donors (Lipinski definition) is 2. The van der Waals surface area contributed by atoms with Crippen LogP contribution < -0.4 is 10.6 Å². The van der Waals surface area contributed by atoms with Crippen LogP contribution in [-0.4, -0.2) is 16.8 Å². The molecule has 9 heteroatoms. The monoisotopic (exact) mass is 395 g/mol. The number of nitrogens with one attached hydrogen (secondary N) is 2. The van der Waals surface area contributed by atoms with Gasteiger partial charge in [-0.2, -0.15) is 0 Å². The summed E-state index contributed by atoms with van der Waals surface area (Å²) in [5.41, 5.74) is 0.926. The van der Waals surface area contributed by atoms with E-state index in [1.807, 2.05) is 5.38 Å². The molecule has 2 amide bonds. The van der Waals surface area contributed by atoms with Crippen molar-refractivity contribution in [1.29, 1.82) is 0 Å². The number of anilines is 2. The molecule has 1 aromatic carbocycles. The molecule has 0 spiro atoms. The predicted octanol–water partition coefficient (Wildman–Crippen LogP) is 4.43. The van der Waals surface area contributed by atoms with Crippen molar-refractivity contribution >= 4 is 56.9 Å². The first kappa shape index (κ1) is 17.5. The van der Waals surface area contributed by atoms with Gasteiger partial charge in [0, 0.05) is 11.1 Å². The minimum Gasteiger partial charge on any atom is -0.326 e. The van der Waals surface area contributed by atoms with Crippen LogP contribution in [-0.2, 0) is 11.2 Å². The summed E-state index contributed by atoms with van der Waals surface area (Å²) in [6.07, 6.45) is 0.0281. The van der Waals surface area contributed by atoms with E-state index < -0.39 is 5.82 Å². The van der Waals surface area contributed by atoms with Gasteiger partial charge in [-0.3, -0.25) is 14.9 Å². The van der Waals surface area contributed by atoms with E-state index in [1.165, 1.54) is 40.9 Å². The van der Waals surface area contributed by atoms with Gasteiger partial charge < -0.3 is 5.32 Å². The highest BCUT2D eigenvalue weighted by atomic mass is 35.5. The highest BCUT2D eigenvalue weighted by molar-refractivity contribution is 7.14. The van der Waals surface area contributed by atoms with Crippen molar-refractivity contribution in [2.45, 2.75) is 6.42 Å². The summed E-state index contributed by atoms with van der Waals surface area (Å²) in [5, 5.41) is 9.18. The maximum Gasteiger partial charge on any atom is 0.267 e. The smallest absolute Gasteiger partial charge is 0.267 e. The molecule has 0 saturated heterocycles. The van der Waals surface area contributed by atoms with Crippen molar-refractivity contribution in [2.75, 3.05) is 10.6 Å². The number of thiophene rings is 1. The quantitative estimate of drug-likeness (QED) is 0.671. The molecule has 0 bridgehead atoms. The van der Waals surface area contributed by atoms with Crippen molar-refractivity contribution in [2.24, 2.45) is 0 Å². The van der Waals surface area contributed by atoms with E-state index in [0.29, 0.717) is 21.4 Å². The molecule has 2 aromatic heterocycles. The van der Waals surface area contributed by atoms with Gasteiger partial charge in [-0.1, -0.05) is 17.7 Å². The molecule has 0 fully saturated rings. The molecule has 2 heterocycles. The number of benzene rings is 1. The van der Waals surface area contributed by atoms with Gasteiger partial charge in [0.1, 0.15) is 5.82 Å². The number of carbonyl (C=O) groups is 2. The number of thiazole rings is 1. The topological polar surface area (TPSA) is 71.1 Å². The zero-order valence-electron chi connectivity index (χ0n) is 12.6. The summed E-state index contributed by atoms with van der Waals surface area (Å²) in [7, 11) is 0. The molecular weight excluding hydrogens is 385 g/mol. The third kappa shape index (κ3) is 4.62. The van der Waals surface area contributed by atoms with E-state index in [1.54, 1.807) is 17.5 Å². The molecule has 0 aliphatic rings. The molecular formula is C16H11ClFN3O2S2. The van der Waals surface area contributed by atoms with Crippen LogP contribution in [0.25, 0.3) is 0 Å². The average Bonchev–Trinajstić information content (AvgIpc) is 3.23. The van der Waals surface area contributed by atoms with Crippen LogP contribution in [0.1, 0.15) is 15.4 Å². The fourth-order valence-electron chi connectivity index (χ4n) is 1.96. The fraction of sp³-hybridized carbons (Fsp3) is 0.0625. The molecule has 3 aromatic rings. The normalized spacial score (nSPS) is 10.5. The van der Waals surface area contributed by atoms with Gasteiger partial charge in [0.05, 0.1) is 22.0 Å². The summed E-state index contributed by atoms with van der Waals surface area (Å²) in [5.74, 6) is -1.10. The molecule has 128 valence electrons. The number of hydrogen-bond acceptors (Lipinski definition) is 5. The molecule has 3 rings (SSSR count). The lowest BCUT2D eigenvalue weighted by molar-refractivity contribution is -0.115. The Kier molecular flexibility index (Phi) is 5.42. The maximum atomic E-state index is 13.1. The Bertz CT molecular complexity index is 912. The second-order valence-corrected chi connectivity index (χ2v) is 7.14. The Morgan fingerprint density at radius 3 is 2.76 bits per heavy atom. The number of halogens is 2. The van der Waals surface area contributed by atoms with Crippen LogP contribution in [0.15, 0.2) is 41.1 Å². The van der Waals surface area contributed by atoms with Crippen molar-refractivity contribution in [3.63, 3.8) is 0 Å². The van der Waals surface area contributed by atoms with Crippen molar-refractivity contribution in [3.8, 4) is 0 Å². The Labute approximate surface area is 155 Å². The standard InChI is InChI=1S/C16H11ClFN3O2S2/c17-11-6-9(3-4-12(11)18)19-14(22)7-10-8-25-16(20-10)21-15(23)13-2-1-5-24-13/h1-6,8H,7H2,(H,19,22)(H,20,21,23). The fourth-order valence-corrected chi connectivity index (χ4v) is 3.46. The van der Waals surface area contributed by atoms with E-state index in [0.717, 1.165) is 0 Å². The van der Waals surface area contributed by atoms with Crippen molar-refractivity contribution in [1.82, 2.24) is 4.98 Å². The molecule has 5 nitrogen and oxygen atoms in total. The molecule has 0 atom stereocenters. The molecule has 0 aliphatic heterocycles. The second-order valence-electron chi connectivity index (χ2n) is 4.93. The molecule has 2 N–H and O–H groups in total. The van der Waals surface area contributed by atoms with E-state index in [-0.39, 0.29) is 23.3 Å². The Morgan fingerprint density at radius 1 is 1.20 bits per heavy atom. The first-order valence-corrected chi connectivity index (χ1v) is 9.19. The lowest BCUT2D eigenvalue weighted by Gasteiger charge is -2.04. The van der Waals surface area contributed by atoms with Crippen molar-refractivity contribution < 1.29 is 14.0 Å². The first-order valence-electron chi connectivity index (χ1n) is 7.05. The van der Waals surface area contributed by atoms with Gasteiger partial charge in [-0.05, 0) is 29.6 Å². The molecule has 0 unspecified atom stereocenters. The molecule has 0 radical (unpaired) electrons. The third-order valence-electron chi connectivity index (χ3n) is 3.06. The third-order valence-corrected chi connectivity index (χ3v) is 5.03. The maximum absolute atomic E-state index is 13.1. The van der Waals surface area contributed by atoms with Gasteiger partial charge in [-0.15, -0.1) is 22.7 Å². The molecule has 0 aliphatic carbocycles. The Balaban J connectivity index is 1.58. The number of amides is 2. The summed E-state index contributed by atoms with van der Waals surface area (Å²) in [6, 6.07) is 7.45. The Morgan fingerprint density at radius 2 is 2.04 bits per heavy atom. The Hall–Kier alpha value is -2.29. The number of carbonyl (C=O) groups excluding carboxylic acids is 2. The SMILES string of the molecule is O=C(Cc1csc(NC(=O)c2cccs2)n1)Nc1ccc(F)c(Cl)c1. The van der Waals surface area contributed by atoms with Gasteiger partial charge in [0.15, 0.2) is 5.13 Å². The predicted molar refractivity (Wildman–Crippen MR) is 98.1 cm³/mol. The largest absolute Gasteiger partial charge is 0.326 e. The van der Waals surface area contributed by atoms with Gasteiger partial charge in [-0.25, -0.2) is 9.37 Å². The van der Waals surface area contributed by atoms with E-state index in [4.69, 9.17) is 11.6 Å². The van der Waals surface area contributed by atoms with Gasteiger partial charge in [0.2, 0.25) is 5.91 Å². The summed E-state index contributed by atoms with van der Waals surface area (Å²) < 4.78 is 13.1. The van der Waals surface area contributed by atoms with Crippen LogP contribution in [0.5, 0.6) is 0 Å². The van der Waals surface area contributed by atoms with Gasteiger partial charge >= 0.3 is 0 Å². The van der Waals surface area contributed by atoms with Crippen LogP contribution in [0.3, 0.4) is 0 Å². The first-order chi connectivity index (χ1) is 12.0. The van der Waals surface area contributed by atoms with Crippen molar-refractivity contribution in [3.05, 3.63) is 62.5 Å². The minimum atomic E-state index is -0.551. The zero-order valence-corrected chi connectivity index (χ0v) is 15.0. The number of aromatic nitrogens is 1. The molecule has 25 heavy (non-hydrogen) atoms. The lowest BCUT2D eigenvalue weighted by Crippen LogP contribution is -2.15. The van der Waals surface area contributed by atoms with Crippen LogP contribution in [0, 0.1) is 5.82 Å². The number of nitrogens with zero attached hydrogens (tertiary/aromatic N) is 1. The lowest BCUT2D eigenvalue weighted by atomic mass is 10.2. The van der Waals surface area contributed by atoms with E-state index >= 15 is 0 Å². The average molecular weight is 396 g/mol. The van der Waals surface area contributed by atoms with Crippen LogP contribution in [0.2, 0.25) is 5.02 Å². The highest BCUT2D eigenvalue weighted by Gasteiger charge is 2.12. The summed E-state index contributed by atoms with van der Waals surface area (Å²) >= 11 is 8.25. The van der Waals surface area contributed by atoms with Crippen LogP contribution >= 0.6 is 34.3 Å². The second kappa shape index (κ2) is 7.73. The van der Waals surface area contributed by atoms with E-state index in [2.05, 4.69) is 15.6 Å². The van der Waals surface area contributed by atoms with Gasteiger partial charge in [0.25, 0.3) is 5.91 Å². The number of rotatable bonds is 5. The highest BCUT2D eigenvalue weighted by Crippen LogP contribution is 2.21. The van der Waals surface area contributed by atoms with Crippen LogP contribution in [0.4, 0.5) is 15.2 Å². The summed E-state index contributed by atoms with van der Waals surface area (Å²) in [6.45, 7) is 0. The van der Waals surface area contributed by atoms with E-state index in [9.17, 15) is 14.0 Å².